The second-order valence-electron chi connectivity index (χ2n) is 0. The van der Waals surface area contributed by atoms with Crippen molar-refractivity contribution in [3.63, 3.8) is 0 Å². The Morgan fingerprint density at radius 3 is 0.750 bits per heavy atom. The maximum absolute atomic E-state index is 0. The molecule has 4 heteroatoms. The summed E-state index contributed by atoms with van der Waals surface area (Å²) in [6, 6.07) is 0. The molecule has 0 aromatic rings. The van der Waals surface area contributed by atoms with Crippen LogP contribution in [0.5, 0.6) is 0 Å². The van der Waals surface area contributed by atoms with Crippen molar-refractivity contribution in [2.24, 2.45) is 0 Å². The predicted octanol–water partition coefficient (Wildman–Crippen LogP) is -2.01. The molecule has 0 bridgehead atoms. The van der Waals surface area contributed by atoms with Crippen LogP contribution in [0.25, 0.3) is 0 Å². The van der Waals surface area contributed by atoms with E-state index in [-0.39, 0.29) is 64.0 Å². The molecule has 0 rings (SSSR count). The third-order valence-corrected chi connectivity index (χ3v) is 0. The number of hydrogen-bond acceptors (Lipinski definition) is 0. The molecule has 2 N–H and O–H groups in total. The predicted molar refractivity (Wildman–Crippen MR) is 13.6 cm³/mol. The minimum atomic E-state index is 0. The fraction of sp³-hybridized carbons (Fsp3) is 0. The second-order valence-corrected chi connectivity index (χ2v) is 0. The van der Waals surface area contributed by atoms with Crippen molar-refractivity contribution in [2.75, 3.05) is 0 Å². The van der Waals surface area contributed by atoms with Gasteiger partial charge in [0.2, 0.25) is 0 Å². The van der Waals surface area contributed by atoms with E-state index >= 15 is 0 Å². The summed E-state index contributed by atoms with van der Waals surface area (Å²) in [4.78, 5) is 0. The summed E-state index contributed by atoms with van der Waals surface area (Å²) in [7, 11) is 0. The molecule has 0 aromatic carbocycles. The monoisotopic (exact) mass is 268 g/mol. The van der Waals surface area contributed by atoms with Crippen LogP contribution in [0.2, 0.25) is 0 Å². The van der Waals surface area contributed by atoms with E-state index in [4.69, 9.17) is 0 Å². The van der Waals surface area contributed by atoms with Gasteiger partial charge in [-0.15, -0.1) is 0 Å². The Balaban J connectivity index is 0. The Morgan fingerprint density at radius 2 is 0.750 bits per heavy atom. The third-order valence-electron chi connectivity index (χ3n) is 0. The van der Waals surface area contributed by atoms with Crippen molar-refractivity contribution in [3.05, 3.63) is 0 Å². The summed E-state index contributed by atoms with van der Waals surface area (Å²) in [5, 5.41) is 0. The fourth-order valence-corrected chi connectivity index (χ4v) is 0. The van der Waals surface area contributed by atoms with Gasteiger partial charge in [0, 0.05) is 34.1 Å². The van der Waals surface area contributed by atoms with Gasteiger partial charge in [-0.05, 0) is 0 Å². The summed E-state index contributed by atoms with van der Waals surface area (Å²) in [5.41, 5.74) is 0. The van der Waals surface area contributed by atoms with Crippen LogP contribution < -0.4 is 0 Å². The van der Waals surface area contributed by atoms with Gasteiger partial charge < -0.3 is 5.48 Å². The second kappa shape index (κ2) is 21.3. The van der Waals surface area contributed by atoms with Gasteiger partial charge in [-0.2, -0.15) is 0 Å². The Morgan fingerprint density at radius 1 is 0.750 bits per heavy atom. The molecule has 1 nitrogen and oxygen atoms in total. The van der Waals surface area contributed by atoms with Crippen molar-refractivity contribution in [1.82, 2.24) is 0 Å². The molecule has 4 heavy (non-hydrogen) atoms. The minimum absolute atomic E-state index is 0. The van der Waals surface area contributed by atoms with E-state index in [0.717, 1.165) is 0 Å². The van der Waals surface area contributed by atoms with Crippen LogP contribution in [-0.2, 0) is 34.1 Å². The van der Waals surface area contributed by atoms with E-state index in [0.29, 0.717) is 0 Å². The molecule has 0 unspecified atom stereocenters. The molecule has 0 aromatic heterocycles. The SMILES string of the molecule is O.[Cu].[Cu].[SbH3]. The van der Waals surface area contributed by atoms with Gasteiger partial charge in [0.15, 0.2) is 0 Å². The summed E-state index contributed by atoms with van der Waals surface area (Å²) < 4.78 is 0. The molecule has 0 fully saturated rings. The van der Waals surface area contributed by atoms with Crippen molar-refractivity contribution < 1.29 is 39.6 Å². The van der Waals surface area contributed by atoms with Crippen LogP contribution in [0.1, 0.15) is 0 Å². The Kier molecular flexibility index (Phi) is 217. The van der Waals surface area contributed by atoms with E-state index in [1.54, 1.807) is 0 Å². The quantitative estimate of drug-likeness (QED) is 0.455. The van der Waals surface area contributed by atoms with Crippen LogP contribution in [0.3, 0.4) is 0 Å². The Bertz CT molecular complexity index is 6.00. The molecule has 0 aliphatic rings. The van der Waals surface area contributed by atoms with E-state index < -0.39 is 0 Å². The molecular weight excluding hydrogens is 265 g/mol. The first-order valence-corrected chi connectivity index (χ1v) is 0. The van der Waals surface area contributed by atoms with Crippen molar-refractivity contribution in [2.45, 2.75) is 0 Å². The molecule has 2 radical (unpaired) electrons. The van der Waals surface area contributed by atoms with Gasteiger partial charge in [0.1, 0.15) is 0 Å². The molecule has 38 valence electrons. The summed E-state index contributed by atoms with van der Waals surface area (Å²) in [6.45, 7) is 0. The van der Waals surface area contributed by atoms with Gasteiger partial charge in [-0.3, -0.25) is 0 Å². The van der Waals surface area contributed by atoms with Crippen molar-refractivity contribution in [3.8, 4) is 0 Å². The van der Waals surface area contributed by atoms with Gasteiger partial charge in [-0.25, -0.2) is 0 Å². The zero-order valence-electron chi connectivity index (χ0n) is 1.81. The molecule has 0 amide bonds. The maximum atomic E-state index is 0. The van der Waals surface area contributed by atoms with Crippen LogP contribution in [0, 0.1) is 0 Å². The molecular formula is H5Cu2OSb. The fourth-order valence-electron chi connectivity index (χ4n) is 0. The van der Waals surface area contributed by atoms with Crippen molar-refractivity contribution >= 4 is 24.4 Å². The van der Waals surface area contributed by atoms with Gasteiger partial charge in [-0.1, -0.05) is 0 Å². The Labute approximate surface area is 63.6 Å². The van der Waals surface area contributed by atoms with E-state index in [1.165, 1.54) is 0 Å². The van der Waals surface area contributed by atoms with E-state index in [9.17, 15) is 0 Å². The van der Waals surface area contributed by atoms with Crippen LogP contribution in [0.15, 0.2) is 0 Å². The zero-order valence-corrected chi connectivity index (χ0v) is 7.73. The average Bonchev–Trinajstić information content (AvgIpc) is 0. The van der Waals surface area contributed by atoms with E-state index in [1.807, 2.05) is 0 Å². The van der Waals surface area contributed by atoms with Gasteiger partial charge in [0.25, 0.3) is 0 Å². The molecule has 0 saturated heterocycles. The first-order chi connectivity index (χ1) is 0. The summed E-state index contributed by atoms with van der Waals surface area (Å²) in [6.07, 6.45) is 0. The Hall–Kier alpha value is 1.82. The zero-order chi connectivity index (χ0) is 0. The first-order valence-electron chi connectivity index (χ1n) is 0. The standard InChI is InChI=1S/2Cu.H2O.Sb.3H/h;;1H2;;;;. The van der Waals surface area contributed by atoms with Gasteiger partial charge >= 0.3 is 24.4 Å². The topological polar surface area (TPSA) is 31.5 Å². The van der Waals surface area contributed by atoms with E-state index in [2.05, 4.69) is 0 Å². The molecule has 0 aliphatic heterocycles. The third kappa shape index (κ3) is 9.17. The first kappa shape index (κ1) is 40.9. The van der Waals surface area contributed by atoms with Crippen LogP contribution >= 0.6 is 0 Å². The molecule has 0 heterocycles. The van der Waals surface area contributed by atoms with Crippen LogP contribution in [-0.4, -0.2) is 29.9 Å². The molecule has 0 aliphatic carbocycles. The summed E-state index contributed by atoms with van der Waals surface area (Å²) in [5.74, 6) is 0. The average molecular weight is 270 g/mol. The normalized spacial score (nSPS) is 0. The molecule has 0 saturated carbocycles. The number of hydrogen-bond donors (Lipinski definition) is 0. The molecule has 0 atom stereocenters. The van der Waals surface area contributed by atoms with Crippen molar-refractivity contribution in [1.29, 1.82) is 0 Å². The van der Waals surface area contributed by atoms with Crippen LogP contribution in [0.4, 0.5) is 0 Å². The van der Waals surface area contributed by atoms with Gasteiger partial charge in [0.05, 0.1) is 0 Å². The number of rotatable bonds is 0. The molecule has 0 spiro atoms. The summed E-state index contributed by atoms with van der Waals surface area (Å²) >= 11 is 0.